The van der Waals surface area contributed by atoms with E-state index in [2.05, 4.69) is 73.3 Å². The molecule has 1 atom stereocenters. The number of aliphatic hydroxyl groups is 1. The summed E-state index contributed by atoms with van der Waals surface area (Å²) in [5.74, 6) is 0. The zero-order chi connectivity index (χ0) is 17.0. The van der Waals surface area contributed by atoms with Gasteiger partial charge in [0, 0.05) is 0 Å². The Bertz CT molecular complexity index is 1200. The lowest BCUT2D eigenvalue weighted by atomic mass is 9.87. The summed E-state index contributed by atoms with van der Waals surface area (Å²) in [5.41, 5.74) is 0.979. The third kappa shape index (κ3) is 1.93. The van der Waals surface area contributed by atoms with Crippen LogP contribution in [0.25, 0.3) is 43.1 Å². The predicted molar refractivity (Wildman–Crippen MR) is 107 cm³/mol. The topological polar surface area (TPSA) is 20.2 Å². The molecule has 1 nitrogen and oxygen atoms in total. The molecule has 0 radical (unpaired) electrons. The number of fused-ring (bicyclic) bond motifs is 2. The van der Waals surface area contributed by atoms with Gasteiger partial charge in [-0.05, 0) is 55.1 Å². The van der Waals surface area contributed by atoms with Crippen LogP contribution in [0.15, 0.2) is 79.4 Å². The van der Waals surface area contributed by atoms with Crippen LogP contribution in [0.1, 0.15) is 18.1 Å². The van der Waals surface area contributed by atoms with Gasteiger partial charge in [-0.15, -0.1) is 6.58 Å². The minimum atomic E-state index is -0.519. The van der Waals surface area contributed by atoms with Crippen molar-refractivity contribution in [2.75, 3.05) is 0 Å². The minimum Gasteiger partial charge on any atom is -0.388 e. The molecule has 25 heavy (non-hydrogen) atoms. The van der Waals surface area contributed by atoms with Crippen molar-refractivity contribution in [2.45, 2.75) is 12.5 Å². The third-order valence-corrected chi connectivity index (χ3v) is 5.31. The molecule has 1 unspecified atom stereocenters. The standard InChI is InChI=1S/C24H18O/c1-2-6-22(25)16-13-14-21-19-10-4-8-15-7-3-9-18(23(15)19)20-12-5-11-17(16)24(20)21/h2-5,7-14,22,25H,1,6H2. The third-order valence-electron chi connectivity index (χ3n) is 5.31. The van der Waals surface area contributed by atoms with Crippen molar-refractivity contribution >= 4 is 43.1 Å². The Morgan fingerprint density at radius 3 is 1.96 bits per heavy atom. The number of rotatable bonds is 3. The molecule has 5 aromatic rings. The molecule has 5 rings (SSSR count). The van der Waals surface area contributed by atoms with Gasteiger partial charge in [0.25, 0.3) is 0 Å². The van der Waals surface area contributed by atoms with Crippen LogP contribution in [0.3, 0.4) is 0 Å². The Hall–Kier alpha value is -2.90. The summed E-state index contributed by atoms with van der Waals surface area (Å²) in [6, 6.07) is 23.7. The van der Waals surface area contributed by atoms with E-state index in [0.717, 1.165) is 10.9 Å². The Labute approximate surface area is 146 Å². The average Bonchev–Trinajstić information content (AvgIpc) is 2.65. The van der Waals surface area contributed by atoms with Crippen LogP contribution in [0.5, 0.6) is 0 Å². The van der Waals surface area contributed by atoms with Gasteiger partial charge in [0.2, 0.25) is 0 Å². The van der Waals surface area contributed by atoms with E-state index in [1.807, 2.05) is 0 Å². The lowest BCUT2D eigenvalue weighted by Crippen LogP contribution is -1.98. The predicted octanol–water partition coefficient (Wildman–Crippen LogP) is 6.35. The van der Waals surface area contributed by atoms with Crippen LogP contribution in [0, 0.1) is 0 Å². The highest BCUT2D eigenvalue weighted by atomic mass is 16.3. The molecular formula is C24H18O. The van der Waals surface area contributed by atoms with Gasteiger partial charge in [0.1, 0.15) is 0 Å². The van der Waals surface area contributed by atoms with Crippen LogP contribution >= 0.6 is 0 Å². The van der Waals surface area contributed by atoms with Gasteiger partial charge in [0.15, 0.2) is 0 Å². The normalized spacial score (nSPS) is 13.2. The van der Waals surface area contributed by atoms with E-state index in [4.69, 9.17) is 0 Å². The number of aliphatic hydroxyl groups excluding tert-OH is 1. The molecule has 0 amide bonds. The lowest BCUT2D eigenvalue weighted by molar-refractivity contribution is 0.183. The molecule has 1 heteroatoms. The minimum absolute atomic E-state index is 0.519. The van der Waals surface area contributed by atoms with Gasteiger partial charge < -0.3 is 5.11 Å². The molecule has 0 fully saturated rings. The second-order valence-corrected chi connectivity index (χ2v) is 6.68. The number of benzene rings is 5. The fourth-order valence-electron chi connectivity index (χ4n) is 4.24. The highest BCUT2D eigenvalue weighted by molar-refractivity contribution is 6.33. The molecule has 0 saturated heterocycles. The van der Waals surface area contributed by atoms with Crippen LogP contribution in [-0.2, 0) is 0 Å². The molecule has 0 aromatic heterocycles. The van der Waals surface area contributed by atoms with Crippen molar-refractivity contribution in [3.8, 4) is 0 Å². The first kappa shape index (κ1) is 14.4. The molecular weight excluding hydrogens is 304 g/mol. The first-order valence-corrected chi connectivity index (χ1v) is 8.66. The summed E-state index contributed by atoms with van der Waals surface area (Å²) in [6.45, 7) is 3.76. The molecule has 0 saturated carbocycles. The SMILES string of the molecule is C=CCC(O)c1ccc2c3cccc4cccc(c5cccc1c52)c43. The van der Waals surface area contributed by atoms with E-state index >= 15 is 0 Å². The van der Waals surface area contributed by atoms with Gasteiger partial charge >= 0.3 is 0 Å². The van der Waals surface area contributed by atoms with Crippen molar-refractivity contribution in [2.24, 2.45) is 0 Å². The van der Waals surface area contributed by atoms with Crippen LogP contribution in [0.2, 0.25) is 0 Å². The highest BCUT2D eigenvalue weighted by Gasteiger charge is 2.16. The van der Waals surface area contributed by atoms with E-state index in [9.17, 15) is 5.11 Å². The maximum absolute atomic E-state index is 10.6. The van der Waals surface area contributed by atoms with Gasteiger partial charge in [-0.1, -0.05) is 72.8 Å². The van der Waals surface area contributed by atoms with Crippen LogP contribution in [-0.4, -0.2) is 5.11 Å². The Kier molecular flexibility index (Phi) is 3.06. The summed E-state index contributed by atoms with van der Waals surface area (Å²) in [6.07, 6.45) is 1.82. The molecule has 120 valence electrons. The molecule has 0 aliphatic heterocycles. The van der Waals surface area contributed by atoms with Crippen molar-refractivity contribution in [3.05, 3.63) is 84.9 Å². The van der Waals surface area contributed by atoms with Crippen LogP contribution < -0.4 is 0 Å². The lowest BCUT2D eigenvalue weighted by Gasteiger charge is -2.18. The molecule has 1 N–H and O–H groups in total. The summed E-state index contributed by atoms with van der Waals surface area (Å²) in [4.78, 5) is 0. The average molecular weight is 322 g/mol. The summed E-state index contributed by atoms with van der Waals surface area (Å²) in [5, 5.41) is 20.6. The van der Waals surface area contributed by atoms with Gasteiger partial charge in [0.05, 0.1) is 6.10 Å². The second kappa shape index (κ2) is 5.30. The fraction of sp³-hybridized carbons (Fsp3) is 0.0833. The van der Waals surface area contributed by atoms with Crippen molar-refractivity contribution in [3.63, 3.8) is 0 Å². The van der Waals surface area contributed by atoms with Crippen molar-refractivity contribution in [1.29, 1.82) is 0 Å². The van der Waals surface area contributed by atoms with Crippen LogP contribution in [0.4, 0.5) is 0 Å². The molecule has 0 heterocycles. The second-order valence-electron chi connectivity index (χ2n) is 6.68. The number of hydrogen-bond acceptors (Lipinski definition) is 1. The monoisotopic (exact) mass is 322 g/mol. The molecule has 0 aliphatic carbocycles. The Balaban J connectivity index is 2.05. The Morgan fingerprint density at radius 1 is 0.720 bits per heavy atom. The van der Waals surface area contributed by atoms with Gasteiger partial charge in [-0.3, -0.25) is 0 Å². The smallest absolute Gasteiger partial charge is 0.0830 e. The van der Waals surface area contributed by atoms with E-state index in [-0.39, 0.29) is 0 Å². The fourth-order valence-corrected chi connectivity index (χ4v) is 4.24. The zero-order valence-electron chi connectivity index (χ0n) is 13.9. The first-order chi connectivity index (χ1) is 12.3. The summed E-state index contributed by atoms with van der Waals surface area (Å²) >= 11 is 0. The maximum Gasteiger partial charge on any atom is 0.0830 e. The quantitative estimate of drug-likeness (QED) is 0.233. The zero-order valence-corrected chi connectivity index (χ0v) is 13.9. The van der Waals surface area contributed by atoms with Gasteiger partial charge in [-0.2, -0.15) is 0 Å². The van der Waals surface area contributed by atoms with Gasteiger partial charge in [-0.25, -0.2) is 0 Å². The highest BCUT2D eigenvalue weighted by Crippen LogP contribution is 2.42. The first-order valence-electron chi connectivity index (χ1n) is 8.66. The molecule has 0 aliphatic rings. The van der Waals surface area contributed by atoms with E-state index in [1.54, 1.807) is 6.08 Å². The number of hydrogen-bond donors (Lipinski definition) is 1. The molecule has 0 bridgehead atoms. The Morgan fingerprint density at radius 2 is 1.28 bits per heavy atom. The summed E-state index contributed by atoms with van der Waals surface area (Å²) in [7, 11) is 0. The van der Waals surface area contributed by atoms with E-state index < -0.39 is 6.10 Å². The van der Waals surface area contributed by atoms with Crippen molar-refractivity contribution in [1.82, 2.24) is 0 Å². The largest absolute Gasteiger partial charge is 0.388 e. The molecule has 5 aromatic carbocycles. The maximum atomic E-state index is 10.6. The van der Waals surface area contributed by atoms with E-state index in [0.29, 0.717) is 6.42 Å². The van der Waals surface area contributed by atoms with Crippen molar-refractivity contribution < 1.29 is 5.11 Å². The molecule has 0 spiro atoms. The summed E-state index contributed by atoms with van der Waals surface area (Å²) < 4.78 is 0. The van der Waals surface area contributed by atoms with E-state index in [1.165, 1.54) is 37.7 Å².